The number of furan rings is 1. The van der Waals surface area contributed by atoms with E-state index >= 15 is 0 Å². The zero-order valence-electron chi connectivity index (χ0n) is 33.2. The van der Waals surface area contributed by atoms with E-state index in [1.165, 1.54) is 15.2 Å². The zero-order valence-corrected chi connectivity index (χ0v) is 33.7. The summed E-state index contributed by atoms with van der Waals surface area (Å²) in [6.07, 6.45) is 2.32. The van der Waals surface area contributed by atoms with E-state index in [4.69, 9.17) is 9.90 Å². The Labute approximate surface area is 317 Å². The van der Waals surface area contributed by atoms with Crippen molar-refractivity contribution in [3.63, 3.8) is 0 Å². The zero-order chi connectivity index (χ0) is 37.7. The summed E-state index contributed by atoms with van der Waals surface area (Å²) in [6.45, 7) is 3.75. The molecule has 0 saturated heterocycles. The standard InChI is InChI=1S/C31H26NO.C14H16GeN.Ir/c1-19-18-32-28(15-22(19)17-31(2,3)4)25-11-7-10-24-27-14-21-13-12-20-8-5-6-9-23(20)26(21)16-29(27)33-30(24)25;1-15(2,3)13-9-10-14(16-11-13)12-7-5-4-6-8-12;/h5-10,12-16,18H,17H2,1-4H3;4-7,9-11H,1-3H3;/q2*-1;/i1D3,18D;;. The van der Waals surface area contributed by atoms with Crippen LogP contribution in [-0.2, 0) is 26.5 Å². The molecule has 0 aliphatic carbocycles. The Morgan fingerprint density at radius 1 is 0.760 bits per heavy atom. The fourth-order valence-electron chi connectivity index (χ4n) is 6.28. The minimum absolute atomic E-state index is 0. The van der Waals surface area contributed by atoms with Crippen LogP contribution in [0.15, 0.2) is 120 Å². The predicted molar refractivity (Wildman–Crippen MR) is 210 cm³/mol. The van der Waals surface area contributed by atoms with Gasteiger partial charge < -0.3 is 9.40 Å². The van der Waals surface area contributed by atoms with Gasteiger partial charge in [-0.25, -0.2) is 0 Å². The fraction of sp³-hybridized carbons (Fsp3) is 0.200. The molecule has 5 heteroatoms. The molecule has 1 radical (unpaired) electrons. The van der Waals surface area contributed by atoms with Crippen LogP contribution < -0.4 is 4.40 Å². The number of rotatable bonds is 4. The van der Waals surface area contributed by atoms with E-state index in [-0.39, 0.29) is 37.3 Å². The van der Waals surface area contributed by atoms with Gasteiger partial charge in [-0.1, -0.05) is 79.7 Å². The Morgan fingerprint density at radius 3 is 2.28 bits per heavy atom. The Balaban J connectivity index is 0.000000246. The van der Waals surface area contributed by atoms with Crippen molar-refractivity contribution in [3.8, 4) is 22.5 Å². The minimum atomic E-state index is -2.42. The Hall–Kier alpha value is -4.09. The van der Waals surface area contributed by atoms with Gasteiger partial charge in [0, 0.05) is 35.8 Å². The van der Waals surface area contributed by atoms with E-state index in [0.29, 0.717) is 28.8 Å². The van der Waals surface area contributed by atoms with Crippen molar-refractivity contribution in [2.24, 2.45) is 5.41 Å². The molecule has 0 aliphatic rings. The van der Waals surface area contributed by atoms with Crippen molar-refractivity contribution in [2.45, 2.75) is 51.3 Å². The second-order valence-electron chi connectivity index (χ2n) is 14.9. The molecule has 0 amide bonds. The monoisotopic (exact) mass is 897 g/mol. The largest absolute Gasteiger partial charge is 0 e. The van der Waals surface area contributed by atoms with E-state index in [9.17, 15) is 0 Å². The smallest absolute Gasteiger partial charge is 0 e. The minimum Gasteiger partial charge on any atom is 0 e. The van der Waals surface area contributed by atoms with E-state index in [2.05, 4.69) is 109 Å². The van der Waals surface area contributed by atoms with Crippen LogP contribution >= 0.6 is 0 Å². The third kappa shape index (κ3) is 7.49. The molecule has 0 N–H and O–H groups in total. The van der Waals surface area contributed by atoms with E-state index in [1.807, 2.05) is 54.7 Å². The Bertz CT molecular complexity index is 2610. The van der Waals surface area contributed by atoms with Crippen LogP contribution in [0.25, 0.3) is 66.0 Å². The maximum absolute atomic E-state index is 8.54. The molecule has 8 rings (SSSR count). The molecule has 0 aliphatic heterocycles. The summed E-state index contributed by atoms with van der Waals surface area (Å²) in [5.41, 5.74) is 5.06. The van der Waals surface area contributed by atoms with Crippen LogP contribution in [0.2, 0.25) is 17.3 Å². The third-order valence-corrected chi connectivity index (χ3v) is 13.1. The van der Waals surface area contributed by atoms with Gasteiger partial charge in [-0.05, 0) is 63.6 Å². The molecule has 253 valence electrons. The molecule has 0 saturated carbocycles. The average Bonchev–Trinajstić information content (AvgIpc) is 3.47. The van der Waals surface area contributed by atoms with Gasteiger partial charge in [0.05, 0.1) is 6.95 Å². The molecule has 3 heterocycles. The van der Waals surface area contributed by atoms with Crippen LogP contribution in [-0.4, -0.2) is 23.2 Å². The second-order valence-corrected chi connectivity index (χ2v) is 25.6. The quantitative estimate of drug-likeness (QED) is 0.100. The van der Waals surface area contributed by atoms with Crippen molar-refractivity contribution in [1.29, 1.82) is 0 Å². The van der Waals surface area contributed by atoms with Crippen LogP contribution in [0.3, 0.4) is 0 Å². The molecule has 0 fully saturated rings. The number of fused-ring (bicyclic) bond motifs is 6. The number of hydrogen-bond donors (Lipinski definition) is 0. The predicted octanol–water partition coefficient (Wildman–Crippen LogP) is 11.7. The molecule has 5 aromatic carbocycles. The van der Waals surface area contributed by atoms with E-state index in [1.54, 1.807) is 6.07 Å². The van der Waals surface area contributed by atoms with Crippen molar-refractivity contribution >= 4 is 61.1 Å². The Kier molecular flexibility index (Phi) is 8.76. The van der Waals surface area contributed by atoms with Crippen LogP contribution in [0.5, 0.6) is 0 Å². The number of benzene rings is 5. The summed E-state index contributed by atoms with van der Waals surface area (Å²) < 4.78 is 40.5. The number of nitrogens with zero attached hydrogens (tertiary/aromatic N) is 2. The van der Waals surface area contributed by atoms with Crippen LogP contribution in [0.4, 0.5) is 0 Å². The van der Waals surface area contributed by atoms with Gasteiger partial charge >= 0.3 is 99.8 Å². The summed E-state index contributed by atoms with van der Waals surface area (Å²) in [7, 11) is 0. The first-order chi connectivity index (χ1) is 25.1. The first-order valence-electron chi connectivity index (χ1n) is 18.7. The number of pyridine rings is 2. The maximum Gasteiger partial charge on any atom is 0 e. The van der Waals surface area contributed by atoms with Gasteiger partial charge in [0.1, 0.15) is 5.58 Å². The van der Waals surface area contributed by atoms with Gasteiger partial charge in [0.15, 0.2) is 0 Å². The molecule has 0 unspecified atom stereocenters. The number of aromatic nitrogens is 2. The molecular formula is C45H42GeIrN2O-2. The van der Waals surface area contributed by atoms with Gasteiger partial charge in [-0.2, -0.15) is 0 Å². The van der Waals surface area contributed by atoms with E-state index < -0.39 is 20.1 Å². The Morgan fingerprint density at radius 2 is 1.56 bits per heavy atom. The third-order valence-electron chi connectivity index (χ3n) is 8.81. The molecule has 0 spiro atoms. The van der Waals surface area contributed by atoms with Gasteiger partial charge in [0.25, 0.3) is 0 Å². The average molecular weight is 896 g/mol. The summed E-state index contributed by atoms with van der Waals surface area (Å²) in [5, 5.41) is 6.52. The van der Waals surface area contributed by atoms with Gasteiger partial charge in [-0.15, -0.1) is 18.2 Å². The van der Waals surface area contributed by atoms with E-state index in [0.717, 1.165) is 38.4 Å². The summed E-state index contributed by atoms with van der Waals surface area (Å²) >= 11 is -1.72. The SMILES string of the molecule is [2H]c1nc(-c2[c-]ccc3c2oc2cc4c(ccc5ccccc54)cc23)cc(CC(C)(C)C)c1C([2H])([2H])[2H].[CH3][Ge]([CH3])([CH3])[c]1ccc(-c2[c-]cccc2)nc1.[Ir]. The number of hydrogen-bond acceptors (Lipinski definition) is 3. The maximum atomic E-state index is 8.54. The molecule has 8 aromatic rings. The summed E-state index contributed by atoms with van der Waals surface area (Å²) in [4.78, 5) is 8.96. The van der Waals surface area contributed by atoms with Crippen LogP contribution in [0.1, 0.15) is 37.4 Å². The molecule has 50 heavy (non-hydrogen) atoms. The molecular weight excluding hydrogens is 849 g/mol. The first kappa shape index (κ1) is 30.7. The molecule has 3 nitrogen and oxygen atoms in total. The molecule has 3 aromatic heterocycles. The van der Waals surface area contributed by atoms with Gasteiger partial charge in [0.2, 0.25) is 0 Å². The van der Waals surface area contributed by atoms with Crippen molar-refractivity contribution in [1.82, 2.24) is 9.97 Å². The molecule has 0 bridgehead atoms. The van der Waals surface area contributed by atoms with Gasteiger partial charge in [-0.3, -0.25) is 0 Å². The summed E-state index contributed by atoms with van der Waals surface area (Å²) in [5.74, 6) is 7.14. The molecule has 0 atom stereocenters. The first-order valence-corrected chi connectivity index (χ1v) is 24.0. The van der Waals surface area contributed by atoms with Crippen LogP contribution in [0, 0.1) is 24.4 Å². The van der Waals surface area contributed by atoms with Crippen molar-refractivity contribution in [2.75, 3.05) is 0 Å². The second kappa shape index (κ2) is 14.3. The van der Waals surface area contributed by atoms with Crippen molar-refractivity contribution < 1.29 is 30.0 Å². The topological polar surface area (TPSA) is 38.9 Å². The fourth-order valence-corrected chi connectivity index (χ4v) is 8.45. The summed E-state index contributed by atoms with van der Waals surface area (Å²) in [6, 6.07) is 41.2. The van der Waals surface area contributed by atoms with Crippen molar-refractivity contribution in [3.05, 3.63) is 139 Å². The normalized spacial score (nSPS) is 13.2.